The summed E-state index contributed by atoms with van der Waals surface area (Å²) in [7, 11) is 0. The van der Waals surface area contributed by atoms with Crippen molar-refractivity contribution < 1.29 is 9.52 Å². The summed E-state index contributed by atoms with van der Waals surface area (Å²) in [4.78, 5) is 4.46. The van der Waals surface area contributed by atoms with E-state index in [9.17, 15) is 5.11 Å². The fraction of sp³-hybridized carbons (Fsp3) is 0. The molecule has 3 heteroatoms. The first-order valence-electron chi connectivity index (χ1n) is 6.37. The predicted molar refractivity (Wildman–Crippen MR) is 78.6 cm³/mol. The molecule has 0 spiro atoms. The molecule has 2 aromatic heterocycles. The summed E-state index contributed by atoms with van der Waals surface area (Å²) in [6.07, 6.45) is 3.43. The van der Waals surface area contributed by atoms with Crippen LogP contribution in [0.3, 0.4) is 0 Å². The molecular formula is C17H11NO2. The number of nitrogens with zero attached hydrogens (tertiary/aromatic N) is 1. The fourth-order valence-corrected chi connectivity index (χ4v) is 2.51. The van der Waals surface area contributed by atoms with Crippen molar-refractivity contribution in [2.75, 3.05) is 0 Å². The second-order valence-electron chi connectivity index (χ2n) is 4.74. The smallest absolute Gasteiger partial charge is 0.137 e. The second kappa shape index (κ2) is 4.10. The number of pyridine rings is 1. The Morgan fingerprint density at radius 1 is 0.900 bits per heavy atom. The largest absolute Gasteiger partial charge is 0.508 e. The van der Waals surface area contributed by atoms with E-state index < -0.39 is 0 Å². The molecule has 0 fully saturated rings. The zero-order chi connectivity index (χ0) is 13.5. The standard InChI is InChI=1S/C17H11NO2/c19-14-4-3-11-9-13(2-1-12(11)10-14)17-15-6-8-20-16(15)5-7-18-17/h1-10,19H. The molecule has 0 aliphatic heterocycles. The Morgan fingerprint density at radius 2 is 1.75 bits per heavy atom. The lowest BCUT2D eigenvalue weighted by Crippen LogP contribution is -1.84. The molecule has 0 bridgehead atoms. The van der Waals surface area contributed by atoms with Crippen LogP contribution in [0.2, 0.25) is 0 Å². The van der Waals surface area contributed by atoms with Crippen LogP contribution < -0.4 is 0 Å². The monoisotopic (exact) mass is 261 g/mol. The van der Waals surface area contributed by atoms with Gasteiger partial charge in [-0.2, -0.15) is 0 Å². The Morgan fingerprint density at radius 3 is 2.70 bits per heavy atom. The average Bonchev–Trinajstić information content (AvgIpc) is 2.95. The highest BCUT2D eigenvalue weighted by Crippen LogP contribution is 2.30. The molecule has 3 nitrogen and oxygen atoms in total. The molecule has 0 aliphatic carbocycles. The molecule has 1 N–H and O–H groups in total. The Bertz CT molecular complexity index is 924. The van der Waals surface area contributed by atoms with Gasteiger partial charge in [0, 0.05) is 17.1 Å². The van der Waals surface area contributed by atoms with Crippen molar-refractivity contribution in [3.8, 4) is 17.0 Å². The van der Waals surface area contributed by atoms with E-state index in [1.54, 1.807) is 24.6 Å². The van der Waals surface area contributed by atoms with E-state index in [2.05, 4.69) is 11.1 Å². The van der Waals surface area contributed by atoms with E-state index in [1.165, 1.54) is 0 Å². The summed E-state index contributed by atoms with van der Waals surface area (Å²) in [6, 6.07) is 15.2. The van der Waals surface area contributed by atoms with Crippen molar-refractivity contribution in [3.63, 3.8) is 0 Å². The Balaban J connectivity index is 1.98. The molecule has 0 saturated carbocycles. The quantitative estimate of drug-likeness (QED) is 0.554. The van der Waals surface area contributed by atoms with Crippen molar-refractivity contribution >= 4 is 21.7 Å². The third-order valence-electron chi connectivity index (χ3n) is 3.48. The van der Waals surface area contributed by atoms with Gasteiger partial charge in [0.1, 0.15) is 11.3 Å². The molecule has 2 aromatic carbocycles. The number of rotatable bonds is 1. The van der Waals surface area contributed by atoms with Gasteiger partial charge in [0.05, 0.1) is 12.0 Å². The minimum atomic E-state index is 0.278. The van der Waals surface area contributed by atoms with E-state index in [-0.39, 0.29) is 5.75 Å². The molecule has 0 atom stereocenters. The van der Waals surface area contributed by atoms with Crippen LogP contribution in [0, 0.1) is 0 Å². The first-order valence-corrected chi connectivity index (χ1v) is 6.37. The van der Waals surface area contributed by atoms with E-state index in [1.807, 2.05) is 30.3 Å². The number of phenols is 1. The van der Waals surface area contributed by atoms with Crippen LogP contribution in [0.25, 0.3) is 33.0 Å². The zero-order valence-corrected chi connectivity index (χ0v) is 10.6. The van der Waals surface area contributed by atoms with Gasteiger partial charge >= 0.3 is 0 Å². The number of benzene rings is 2. The maximum absolute atomic E-state index is 9.51. The van der Waals surface area contributed by atoms with E-state index in [4.69, 9.17) is 4.42 Å². The molecule has 0 radical (unpaired) electrons. The highest BCUT2D eigenvalue weighted by Gasteiger charge is 2.08. The highest BCUT2D eigenvalue weighted by atomic mass is 16.3. The number of hydrogen-bond acceptors (Lipinski definition) is 3. The molecule has 0 unspecified atom stereocenters. The number of aromatic nitrogens is 1. The zero-order valence-electron chi connectivity index (χ0n) is 10.6. The molecule has 4 aromatic rings. The van der Waals surface area contributed by atoms with Gasteiger partial charge in [0.15, 0.2) is 0 Å². The van der Waals surface area contributed by atoms with E-state index >= 15 is 0 Å². The number of aromatic hydroxyl groups is 1. The summed E-state index contributed by atoms with van der Waals surface area (Å²) < 4.78 is 5.41. The summed E-state index contributed by atoms with van der Waals surface area (Å²) in [5.74, 6) is 0.278. The average molecular weight is 261 g/mol. The SMILES string of the molecule is Oc1ccc2cc(-c3nccc4occc34)ccc2c1. The lowest BCUT2D eigenvalue weighted by Gasteiger charge is -2.05. The van der Waals surface area contributed by atoms with Gasteiger partial charge in [0.2, 0.25) is 0 Å². The third-order valence-corrected chi connectivity index (χ3v) is 3.48. The lowest BCUT2D eigenvalue weighted by molar-refractivity contribution is 0.476. The van der Waals surface area contributed by atoms with Crippen molar-refractivity contribution in [3.05, 3.63) is 61.0 Å². The summed E-state index contributed by atoms with van der Waals surface area (Å²) in [5, 5.41) is 12.6. The fourth-order valence-electron chi connectivity index (χ4n) is 2.51. The van der Waals surface area contributed by atoms with Crippen molar-refractivity contribution in [1.82, 2.24) is 4.98 Å². The van der Waals surface area contributed by atoms with E-state index in [0.29, 0.717) is 0 Å². The van der Waals surface area contributed by atoms with Crippen LogP contribution in [0.15, 0.2) is 65.4 Å². The van der Waals surface area contributed by atoms with Crippen LogP contribution in [0.5, 0.6) is 5.75 Å². The van der Waals surface area contributed by atoms with Crippen LogP contribution in [0.1, 0.15) is 0 Å². The maximum Gasteiger partial charge on any atom is 0.137 e. The highest BCUT2D eigenvalue weighted by molar-refractivity contribution is 5.95. The molecular weight excluding hydrogens is 250 g/mol. The molecule has 0 amide bonds. The minimum absolute atomic E-state index is 0.278. The topological polar surface area (TPSA) is 46.3 Å². The normalized spacial score (nSPS) is 11.2. The molecule has 0 saturated heterocycles. The summed E-state index contributed by atoms with van der Waals surface area (Å²) in [5.41, 5.74) is 2.78. The van der Waals surface area contributed by atoms with E-state index in [0.717, 1.165) is 33.0 Å². The number of fused-ring (bicyclic) bond motifs is 2. The molecule has 96 valence electrons. The molecule has 2 heterocycles. The summed E-state index contributed by atoms with van der Waals surface area (Å²) in [6.45, 7) is 0. The number of phenolic OH excluding ortho intramolecular Hbond substituents is 1. The first kappa shape index (κ1) is 11.1. The predicted octanol–water partition coefficient (Wildman–Crippen LogP) is 4.35. The van der Waals surface area contributed by atoms with Gasteiger partial charge in [-0.1, -0.05) is 18.2 Å². The van der Waals surface area contributed by atoms with Gasteiger partial charge in [-0.25, -0.2) is 0 Å². The molecule has 0 aliphatic rings. The molecule has 4 rings (SSSR count). The van der Waals surface area contributed by atoms with Crippen molar-refractivity contribution in [1.29, 1.82) is 0 Å². The first-order chi connectivity index (χ1) is 9.81. The third kappa shape index (κ3) is 1.64. The van der Waals surface area contributed by atoms with Gasteiger partial charge in [-0.05, 0) is 41.1 Å². The Hall–Kier alpha value is -2.81. The van der Waals surface area contributed by atoms with Gasteiger partial charge < -0.3 is 9.52 Å². The molecule has 20 heavy (non-hydrogen) atoms. The Labute approximate surface area is 115 Å². The van der Waals surface area contributed by atoms with Gasteiger partial charge in [-0.15, -0.1) is 0 Å². The van der Waals surface area contributed by atoms with Gasteiger partial charge in [-0.3, -0.25) is 4.98 Å². The van der Waals surface area contributed by atoms with Crippen LogP contribution in [0.4, 0.5) is 0 Å². The van der Waals surface area contributed by atoms with Crippen molar-refractivity contribution in [2.45, 2.75) is 0 Å². The Kier molecular flexibility index (Phi) is 2.27. The lowest BCUT2D eigenvalue weighted by atomic mass is 10.0. The number of hydrogen-bond donors (Lipinski definition) is 1. The van der Waals surface area contributed by atoms with Crippen molar-refractivity contribution in [2.24, 2.45) is 0 Å². The van der Waals surface area contributed by atoms with Crippen LogP contribution in [-0.2, 0) is 0 Å². The van der Waals surface area contributed by atoms with Crippen LogP contribution in [-0.4, -0.2) is 10.1 Å². The van der Waals surface area contributed by atoms with Crippen LogP contribution >= 0.6 is 0 Å². The second-order valence-corrected chi connectivity index (χ2v) is 4.74. The number of furan rings is 1. The maximum atomic E-state index is 9.51. The van der Waals surface area contributed by atoms with Gasteiger partial charge in [0.25, 0.3) is 0 Å². The minimum Gasteiger partial charge on any atom is -0.508 e. The summed E-state index contributed by atoms with van der Waals surface area (Å²) >= 11 is 0.